The average molecular weight is 209 g/mol. The minimum Gasteiger partial charge on any atom is -0.384 e. The van der Waals surface area contributed by atoms with Gasteiger partial charge in [-0.2, -0.15) is 0 Å². The van der Waals surface area contributed by atoms with Gasteiger partial charge < -0.3 is 10.3 Å². The Bertz CT molecular complexity index is 342. The molecule has 0 bridgehead atoms. The van der Waals surface area contributed by atoms with Crippen LogP contribution in [-0.4, -0.2) is 9.55 Å². The molecule has 0 unspecified atom stereocenters. The predicted octanol–water partition coefficient (Wildman–Crippen LogP) is 2.91. The quantitative estimate of drug-likeness (QED) is 0.814. The number of hydrogen-bond donors (Lipinski definition) is 1. The van der Waals surface area contributed by atoms with Gasteiger partial charge in [0.1, 0.15) is 11.6 Å². The van der Waals surface area contributed by atoms with E-state index in [1.165, 1.54) is 0 Å². The van der Waals surface area contributed by atoms with E-state index in [1.807, 2.05) is 0 Å². The Hall–Kier alpha value is -0.990. The van der Waals surface area contributed by atoms with Crippen molar-refractivity contribution in [2.75, 3.05) is 5.73 Å². The summed E-state index contributed by atoms with van der Waals surface area (Å²) in [6.07, 6.45) is 0. The summed E-state index contributed by atoms with van der Waals surface area (Å²) in [4.78, 5) is 4.69. The molecule has 15 heavy (non-hydrogen) atoms. The van der Waals surface area contributed by atoms with E-state index in [0.717, 1.165) is 23.9 Å². The summed E-state index contributed by atoms with van der Waals surface area (Å²) in [6.45, 7) is 13.8. The number of nitrogen functional groups attached to an aromatic ring is 1. The lowest BCUT2D eigenvalue weighted by atomic mass is 9.92. The highest BCUT2D eigenvalue weighted by molar-refractivity contribution is 5.42. The zero-order valence-corrected chi connectivity index (χ0v) is 10.8. The van der Waals surface area contributed by atoms with Crippen LogP contribution in [0.4, 0.5) is 5.82 Å². The molecule has 1 heterocycles. The van der Waals surface area contributed by atoms with Gasteiger partial charge in [-0.25, -0.2) is 4.98 Å². The van der Waals surface area contributed by atoms with Gasteiger partial charge in [0.25, 0.3) is 0 Å². The van der Waals surface area contributed by atoms with E-state index in [4.69, 9.17) is 5.73 Å². The van der Waals surface area contributed by atoms with Crippen molar-refractivity contribution in [1.82, 2.24) is 9.55 Å². The highest BCUT2D eigenvalue weighted by atomic mass is 15.1. The molecule has 0 aliphatic carbocycles. The molecule has 0 spiro atoms. The molecule has 0 amide bonds. The number of imidazole rings is 1. The number of nitrogens with two attached hydrogens (primary N) is 1. The van der Waals surface area contributed by atoms with Gasteiger partial charge in [-0.15, -0.1) is 0 Å². The maximum atomic E-state index is 6.14. The Morgan fingerprint density at radius 2 is 1.87 bits per heavy atom. The predicted molar refractivity (Wildman–Crippen MR) is 65.1 cm³/mol. The second-order valence-electron chi connectivity index (χ2n) is 5.35. The molecule has 1 aromatic rings. The topological polar surface area (TPSA) is 43.8 Å². The van der Waals surface area contributed by atoms with E-state index >= 15 is 0 Å². The van der Waals surface area contributed by atoms with Crippen LogP contribution in [-0.2, 0) is 12.0 Å². The second kappa shape index (κ2) is 3.87. The Morgan fingerprint density at radius 3 is 2.13 bits per heavy atom. The van der Waals surface area contributed by atoms with E-state index < -0.39 is 0 Å². The van der Waals surface area contributed by atoms with Gasteiger partial charge in [0.2, 0.25) is 0 Å². The summed E-state index contributed by atoms with van der Waals surface area (Å²) < 4.78 is 2.12. The molecule has 1 aromatic heterocycles. The van der Waals surface area contributed by atoms with Crippen molar-refractivity contribution in [3.05, 3.63) is 11.5 Å². The smallest absolute Gasteiger partial charge is 0.127 e. The highest BCUT2D eigenvalue weighted by Crippen LogP contribution is 2.30. The lowest BCUT2D eigenvalue weighted by Crippen LogP contribution is -2.15. The van der Waals surface area contributed by atoms with Gasteiger partial charge in [0.05, 0.1) is 5.69 Å². The van der Waals surface area contributed by atoms with Crippen molar-refractivity contribution in [1.29, 1.82) is 0 Å². The number of rotatable bonds is 2. The van der Waals surface area contributed by atoms with Crippen molar-refractivity contribution >= 4 is 5.82 Å². The largest absolute Gasteiger partial charge is 0.384 e. The Kier molecular flexibility index (Phi) is 3.12. The maximum Gasteiger partial charge on any atom is 0.127 e. The second-order valence-corrected chi connectivity index (χ2v) is 5.35. The first-order valence-electron chi connectivity index (χ1n) is 5.65. The first kappa shape index (κ1) is 12.1. The third-order valence-corrected chi connectivity index (χ3v) is 2.58. The van der Waals surface area contributed by atoms with Crippen molar-refractivity contribution < 1.29 is 0 Å². The van der Waals surface area contributed by atoms with Crippen LogP contribution in [0.3, 0.4) is 0 Å². The van der Waals surface area contributed by atoms with Crippen LogP contribution in [0.1, 0.15) is 59.0 Å². The van der Waals surface area contributed by atoms with E-state index in [1.54, 1.807) is 0 Å². The number of nitrogens with zero attached hydrogens (tertiary/aromatic N) is 2. The standard InChI is InChI=1S/C12H23N3/c1-7-15-10(13)9(12(4,5)6)14-11(15)8(2)3/h8H,7,13H2,1-6H3. The third-order valence-electron chi connectivity index (χ3n) is 2.58. The van der Waals surface area contributed by atoms with Crippen LogP contribution in [0.5, 0.6) is 0 Å². The fraction of sp³-hybridized carbons (Fsp3) is 0.750. The number of hydrogen-bond acceptors (Lipinski definition) is 2. The summed E-state index contributed by atoms with van der Waals surface area (Å²) in [5.41, 5.74) is 7.18. The van der Waals surface area contributed by atoms with E-state index in [2.05, 4.69) is 51.1 Å². The summed E-state index contributed by atoms with van der Waals surface area (Å²) in [6, 6.07) is 0. The Morgan fingerprint density at radius 1 is 1.33 bits per heavy atom. The van der Waals surface area contributed by atoms with E-state index in [9.17, 15) is 0 Å². The van der Waals surface area contributed by atoms with Crippen LogP contribution < -0.4 is 5.73 Å². The number of aromatic nitrogens is 2. The van der Waals surface area contributed by atoms with Gasteiger partial charge >= 0.3 is 0 Å². The first-order chi connectivity index (χ1) is 6.79. The lowest BCUT2D eigenvalue weighted by molar-refractivity contribution is 0.571. The molecule has 86 valence electrons. The molecule has 0 saturated carbocycles. The van der Waals surface area contributed by atoms with Crippen LogP contribution in [0, 0.1) is 0 Å². The van der Waals surface area contributed by atoms with Crippen molar-refractivity contribution in [2.45, 2.75) is 59.4 Å². The summed E-state index contributed by atoms with van der Waals surface area (Å²) in [5, 5.41) is 0. The average Bonchev–Trinajstić information content (AvgIpc) is 2.41. The Balaban J connectivity index is 3.34. The molecule has 0 aliphatic rings. The molecule has 0 fully saturated rings. The molecule has 2 N–H and O–H groups in total. The van der Waals surface area contributed by atoms with Crippen molar-refractivity contribution in [3.8, 4) is 0 Å². The highest BCUT2D eigenvalue weighted by Gasteiger charge is 2.24. The minimum absolute atomic E-state index is 0.0220. The lowest BCUT2D eigenvalue weighted by Gasteiger charge is -2.16. The number of anilines is 1. The molecule has 3 nitrogen and oxygen atoms in total. The fourth-order valence-electron chi connectivity index (χ4n) is 1.81. The normalized spacial score (nSPS) is 12.5. The summed E-state index contributed by atoms with van der Waals surface area (Å²) in [7, 11) is 0. The molecule has 0 radical (unpaired) electrons. The van der Waals surface area contributed by atoms with Gasteiger partial charge in [-0.1, -0.05) is 34.6 Å². The van der Waals surface area contributed by atoms with Gasteiger partial charge in [0, 0.05) is 17.9 Å². The monoisotopic (exact) mass is 209 g/mol. The molecule has 1 rings (SSSR count). The zero-order valence-electron chi connectivity index (χ0n) is 10.8. The van der Waals surface area contributed by atoms with E-state index in [0.29, 0.717) is 5.92 Å². The molecule has 0 atom stereocenters. The van der Waals surface area contributed by atoms with Gasteiger partial charge in [-0.05, 0) is 6.92 Å². The SMILES string of the molecule is CCn1c(C(C)C)nc(C(C)(C)C)c1N. The summed E-state index contributed by atoms with van der Waals surface area (Å²) in [5.74, 6) is 2.34. The summed E-state index contributed by atoms with van der Waals surface area (Å²) >= 11 is 0. The molecule has 0 aromatic carbocycles. The van der Waals surface area contributed by atoms with E-state index in [-0.39, 0.29) is 5.41 Å². The molecule has 0 aliphatic heterocycles. The first-order valence-corrected chi connectivity index (χ1v) is 5.65. The van der Waals surface area contributed by atoms with Crippen LogP contribution >= 0.6 is 0 Å². The van der Waals surface area contributed by atoms with Crippen molar-refractivity contribution in [2.24, 2.45) is 0 Å². The van der Waals surface area contributed by atoms with Crippen LogP contribution in [0.15, 0.2) is 0 Å². The molecular formula is C12H23N3. The molecular weight excluding hydrogens is 186 g/mol. The van der Waals surface area contributed by atoms with Crippen LogP contribution in [0.2, 0.25) is 0 Å². The maximum absolute atomic E-state index is 6.14. The minimum atomic E-state index is 0.0220. The van der Waals surface area contributed by atoms with Gasteiger partial charge in [-0.3, -0.25) is 0 Å². The van der Waals surface area contributed by atoms with Gasteiger partial charge in [0.15, 0.2) is 0 Å². The third kappa shape index (κ3) is 2.16. The van der Waals surface area contributed by atoms with Crippen LogP contribution in [0.25, 0.3) is 0 Å². The fourth-order valence-corrected chi connectivity index (χ4v) is 1.81. The molecule has 3 heteroatoms. The zero-order chi connectivity index (χ0) is 11.8. The van der Waals surface area contributed by atoms with Crippen molar-refractivity contribution in [3.63, 3.8) is 0 Å². The Labute approximate surface area is 92.7 Å². The molecule has 0 saturated heterocycles.